The zero-order valence-electron chi connectivity index (χ0n) is 10.8. The third-order valence-electron chi connectivity index (χ3n) is 2.13. The van der Waals surface area contributed by atoms with Gasteiger partial charge in [-0.2, -0.15) is 0 Å². The average molecular weight is 268 g/mol. The second-order valence-electron chi connectivity index (χ2n) is 3.36. The molecule has 1 aromatic carbocycles. The second-order valence-corrected chi connectivity index (χ2v) is 3.36. The molecule has 19 heavy (non-hydrogen) atoms. The van der Waals surface area contributed by atoms with Gasteiger partial charge in [0.15, 0.2) is 11.5 Å². The SMILES string of the molecule is COC(=O)OC/C=C\COc1c(O)cccc1OC. The Labute approximate surface area is 111 Å². The first kappa shape index (κ1) is 14.7. The molecule has 6 heteroatoms. The smallest absolute Gasteiger partial charge is 0.504 e. The Morgan fingerprint density at radius 3 is 2.68 bits per heavy atom. The third kappa shape index (κ3) is 4.79. The summed E-state index contributed by atoms with van der Waals surface area (Å²) in [7, 11) is 2.72. The third-order valence-corrected chi connectivity index (χ3v) is 2.13. The lowest BCUT2D eigenvalue weighted by molar-refractivity contribution is 0.0817. The standard InChI is InChI=1S/C13H16O6/c1-16-11-7-5-6-10(14)12(11)18-8-3-4-9-19-13(15)17-2/h3-7,14H,8-9H2,1-2H3/b4-3-. The number of carbonyl (C=O) groups is 1. The van der Waals surface area contributed by atoms with Crippen molar-refractivity contribution in [3.63, 3.8) is 0 Å². The molecule has 0 bridgehead atoms. The average Bonchev–Trinajstić information content (AvgIpc) is 2.43. The Kier molecular flexibility index (Phi) is 6.08. The maximum absolute atomic E-state index is 10.6. The zero-order valence-corrected chi connectivity index (χ0v) is 10.8. The molecule has 0 aromatic heterocycles. The molecule has 0 aliphatic carbocycles. The molecule has 0 saturated carbocycles. The van der Waals surface area contributed by atoms with Gasteiger partial charge in [0.2, 0.25) is 5.75 Å². The first-order chi connectivity index (χ1) is 9.19. The zero-order chi connectivity index (χ0) is 14.1. The highest BCUT2D eigenvalue weighted by molar-refractivity contribution is 5.59. The normalized spacial score (nSPS) is 10.2. The fourth-order valence-electron chi connectivity index (χ4n) is 1.25. The van der Waals surface area contributed by atoms with Crippen LogP contribution >= 0.6 is 0 Å². The summed E-state index contributed by atoms with van der Waals surface area (Å²) in [5, 5.41) is 9.61. The number of hydrogen-bond acceptors (Lipinski definition) is 6. The quantitative estimate of drug-likeness (QED) is 0.629. The maximum Gasteiger partial charge on any atom is 0.508 e. The Morgan fingerprint density at radius 2 is 2.00 bits per heavy atom. The van der Waals surface area contributed by atoms with E-state index in [0.29, 0.717) is 5.75 Å². The van der Waals surface area contributed by atoms with Crippen molar-refractivity contribution in [2.24, 2.45) is 0 Å². The molecule has 1 N–H and O–H groups in total. The van der Waals surface area contributed by atoms with Crippen molar-refractivity contribution < 1.29 is 28.8 Å². The van der Waals surface area contributed by atoms with Crippen molar-refractivity contribution in [2.45, 2.75) is 0 Å². The molecule has 6 nitrogen and oxygen atoms in total. The minimum atomic E-state index is -0.743. The van der Waals surface area contributed by atoms with Gasteiger partial charge in [0.1, 0.15) is 13.2 Å². The number of phenolic OH excluding ortho intramolecular Hbond substituents is 1. The monoisotopic (exact) mass is 268 g/mol. The molecule has 104 valence electrons. The number of benzene rings is 1. The van der Waals surface area contributed by atoms with Crippen molar-refractivity contribution in [2.75, 3.05) is 27.4 Å². The van der Waals surface area contributed by atoms with Crippen molar-refractivity contribution in [3.8, 4) is 17.2 Å². The number of aromatic hydroxyl groups is 1. The number of methoxy groups -OCH3 is 2. The molecular weight excluding hydrogens is 252 g/mol. The number of para-hydroxylation sites is 1. The summed E-state index contributed by atoms with van der Waals surface area (Å²) in [5.41, 5.74) is 0. The van der Waals surface area contributed by atoms with Gasteiger partial charge in [-0.15, -0.1) is 0 Å². The van der Waals surface area contributed by atoms with Gasteiger partial charge in [0.25, 0.3) is 0 Å². The van der Waals surface area contributed by atoms with Crippen molar-refractivity contribution >= 4 is 6.16 Å². The highest BCUT2D eigenvalue weighted by atomic mass is 16.7. The van der Waals surface area contributed by atoms with E-state index in [4.69, 9.17) is 9.47 Å². The van der Waals surface area contributed by atoms with E-state index in [2.05, 4.69) is 9.47 Å². The number of rotatable bonds is 6. The van der Waals surface area contributed by atoms with Crippen LogP contribution in [-0.2, 0) is 9.47 Å². The second kappa shape index (κ2) is 7.86. The van der Waals surface area contributed by atoms with Gasteiger partial charge in [-0.05, 0) is 24.3 Å². The molecule has 0 radical (unpaired) electrons. The fourth-order valence-corrected chi connectivity index (χ4v) is 1.25. The lowest BCUT2D eigenvalue weighted by Gasteiger charge is -2.10. The molecule has 0 amide bonds. The summed E-state index contributed by atoms with van der Waals surface area (Å²) in [6.45, 7) is 0.298. The van der Waals surface area contributed by atoms with Crippen LogP contribution in [0.1, 0.15) is 0 Å². The van der Waals surface area contributed by atoms with Crippen molar-refractivity contribution in [1.82, 2.24) is 0 Å². The van der Waals surface area contributed by atoms with Crippen LogP contribution in [0, 0.1) is 0 Å². The van der Waals surface area contributed by atoms with Crippen LogP contribution in [-0.4, -0.2) is 38.7 Å². The molecule has 0 heterocycles. The molecule has 0 unspecified atom stereocenters. The number of ether oxygens (including phenoxy) is 4. The number of carbonyl (C=O) groups excluding carboxylic acids is 1. The summed E-state index contributed by atoms with van der Waals surface area (Å²) in [4.78, 5) is 10.6. The van der Waals surface area contributed by atoms with Crippen LogP contribution in [0.5, 0.6) is 17.2 Å². The van der Waals surface area contributed by atoms with E-state index < -0.39 is 6.16 Å². The number of hydrogen-bond donors (Lipinski definition) is 1. The van der Waals surface area contributed by atoms with Gasteiger partial charge in [0, 0.05) is 0 Å². The Balaban J connectivity index is 2.41. The number of phenols is 1. The first-order valence-electron chi connectivity index (χ1n) is 5.53. The molecule has 0 saturated heterocycles. The van der Waals surface area contributed by atoms with E-state index in [1.54, 1.807) is 24.3 Å². The topological polar surface area (TPSA) is 74.2 Å². The van der Waals surface area contributed by atoms with Gasteiger partial charge in [-0.25, -0.2) is 4.79 Å². The van der Waals surface area contributed by atoms with Crippen molar-refractivity contribution in [1.29, 1.82) is 0 Å². The van der Waals surface area contributed by atoms with Crippen molar-refractivity contribution in [3.05, 3.63) is 30.4 Å². The van der Waals surface area contributed by atoms with Gasteiger partial charge in [-0.3, -0.25) is 0 Å². The summed E-state index contributed by atoms with van der Waals surface area (Å²) < 4.78 is 19.3. The summed E-state index contributed by atoms with van der Waals surface area (Å²) >= 11 is 0. The van der Waals surface area contributed by atoms with E-state index >= 15 is 0 Å². The van der Waals surface area contributed by atoms with Gasteiger partial charge < -0.3 is 24.1 Å². The van der Waals surface area contributed by atoms with Gasteiger partial charge in [-0.1, -0.05) is 6.07 Å². The Bertz CT molecular complexity index is 441. The predicted octanol–water partition coefficient (Wildman–Crippen LogP) is 2.12. The Morgan fingerprint density at radius 1 is 1.26 bits per heavy atom. The molecule has 1 rings (SSSR count). The van der Waals surface area contributed by atoms with E-state index in [1.807, 2.05) is 0 Å². The molecule has 0 atom stereocenters. The molecule has 0 aliphatic heterocycles. The molecular formula is C13H16O6. The summed E-state index contributed by atoms with van der Waals surface area (Å²) in [5.74, 6) is 0.710. The molecule has 0 aliphatic rings. The minimum Gasteiger partial charge on any atom is -0.504 e. The molecule has 0 spiro atoms. The van der Waals surface area contributed by atoms with Crippen LogP contribution in [0.15, 0.2) is 30.4 Å². The minimum absolute atomic E-state index is 0.00133. The van der Waals surface area contributed by atoms with Crippen LogP contribution in [0.25, 0.3) is 0 Å². The summed E-state index contributed by atoms with van der Waals surface area (Å²) in [6.07, 6.45) is 2.51. The van der Waals surface area contributed by atoms with Gasteiger partial charge >= 0.3 is 6.16 Å². The highest BCUT2D eigenvalue weighted by Gasteiger charge is 2.08. The molecule has 0 fully saturated rings. The van der Waals surface area contributed by atoms with E-state index in [1.165, 1.54) is 20.3 Å². The molecule has 1 aromatic rings. The lowest BCUT2D eigenvalue weighted by atomic mass is 10.3. The fraction of sp³-hybridized carbons (Fsp3) is 0.308. The van der Waals surface area contributed by atoms with Crippen LogP contribution in [0.4, 0.5) is 4.79 Å². The highest BCUT2D eigenvalue weighted by Crippen LogP contribution is 2.35. The van der Waals surface area contributed by atoms with Crippen LogP contribution < -0.4 is 9.47 Å². The largest absolute Gasteiger partial charge is 0.508 e. The van der Waals surface area contributed by atoms with Gasteiger partial charge in [0.05, 0.1) is 14.2 Å². The van der Waals surface area contributed by atoms with Crippen LogP contribution in [0.2, 0.25) is 0 Å². The summed E-state index contributed by atoms with van der Waals surface area (Å²) in [6, 6.07) is 4.84. The maximum atomic E-state index is 10.6. The van der Waals surface area contributed by atoms with E-state index in [9.17, 15) is 9.90 Å². The van der Waals surface area contributed by atoms with E-state index in [0.717, 1.165) is 0 Å². The van der Waals surface area contributed by atoms with E-state index in [-0.39, 0.29) is 24.7 Å². The lowest BCUT2D eigenvalue weighted by Crippen LogP contribution is -2.04. The Hall–Kier alpha value is -2.37. The van der Waals surface area contributed by atoms with Crippen LogP contribution in [0.3, 0.4) is 0 Å². The predicted molar refractivity (Wildman–Crippen MR) is 67.7 cm³/mol. The first-order valence-corrected chi connectivity index (χ1v) is 5.53.